The van der Waals surface area contributed by atoms with Crippen LogP contribution in [0.2, 0.25) is 0 Å². The molecule has 1 saturated heterocycles. The van der Waals surface area contributed by atoms with E-state index in [2.05, 4.69) is 23.1 Å². The van der Waals surface area contributed by atoms with Gasteiger partial charge in [0.15, 0.2) is 0 Å². The lowest BCUT2D eigenvalue weighted by molar-refractivity contribution is 0.0746. The number of nitrogens with zero attached hydrogens (tertiary/aromatic N) is 3. The summed E-state index contributed by atoms with van der Waals surface area (Å²) in [6.45, 7) is 2.85. The van der Waals surface area contributed by atoms with Gasteiger partial charge in [-0.05, 0) is 48.5 Å². The highest BCUT2D eigenvalue weighted by Crippen LogP contribution is 2.23. The predicted octanol–water partition coefficient (Wildman–Crippen LogP) is 4.99. The first-order chi connectivity index (χ1) is 15.3. The smallest absolute Gasteiger partial charge is 0.254 e. The van der Waals surface area contributed by atoms with Crippen LogP contribution in [0.1, 0.15) is 10.4 Å². The summed E-state index contributed by atoms with van der Waals surface area (Å²) in [5.74, 6) is 2.41. The number of anilines is 1. The van der Waals surface area contributed by atoms with Crippen LogP contribution < -0.4 is 9.64 Å². The zero-order valence-corrected chi connectivity index (χ0v) is 17.1. The summed E-state index contributed by atoms with van der Waals surface area (Å²) in [5.41, 5.74) is 1.64. The maximum absolute atomic E-state index is 13.1. The van der Waals surface area contributed by atoms with E-state index in [0.29, 0.717) is 24.4 Å². The van der Waals surface area contributed by atoms with Crippen molar-refractivity contribution in [3.63, 3.8) is 0 Å². The lowest BCUT2D eigenvalue weighted by Gasteiger charge is -2.35. The molecule has 3 aromatic carbocycles. The molecule has 1 fully saturated rings. The van der Waals surface area contributed by atoms with Gasteiger partial charge < -0.3 is 14.5 Å². The molecule has 5 heteroatoms. The number of aromatic nitrogens is 1. The van der Waals surface area contributed by atoms with Crippen LogP contribution in [0, 0.1) is 0 Å². The fourth-order valence-corrected chi connectivity index (χ4v) is 3.87. The Hall–Kier alpha value is -3.86. The zero-order chi connectivity index (χ0) is 21.0. The molecule has 0 radical (unpaired) electrons. The fraction of sp³-hybridized carbons (Fsp3) is 0.154. The lowest BCUT2D eigenvalue weighted by atomic mass is 10.1. The monoisotopic (exact) mass is 409 g/mol. The largest absolute Gasteiger partial charge is 0.457 e. The maximum atomic E-state index is 13.1. The molecule has 4 aromatic rings. The van der Waals surface area contributed by atoms with Gasteiger partial charge in [0.2, 0.25) is 0 Å². The number of ether oxygens (including phenoxy) is 1. The Balaban J connectivity index is 1.25. The average Bonchev–Trinajstić information content (AvgIpc) is 2.84. The van der Waals surface area contributed by atoms with E-state index in [1.165, 1.54) is 0 Å². The number of benzene rings is 3. The first-order valence-electron chi connectivity index (χ1n) is 10.5. The molecular weight excluding hydrogens is 386 g/mol. The molecule has 5 nitrogen and oxygen atoms in total. The molecular formula is C26H23N3O2. The van der Waals surface area contributed by atoms with Gasteiger partial charge >= 0.3 is 0 Å². The van der Waals surface area contributed by atoms with Crippen LogP contribution in [-0.4, -0.2) is 42.0 Å². The quantitative estimate of drug-likeness (QED) is 0.476. The molecule has 0 atom stereocenters. The highest BCUT2D eigenvalue weighted by atomic mass is 16.5. The number of hydrogen-bond acceptors (Lipinski definition) is 4. The summed E-state index contributed by atoms with van der Waals surface area (Å²) in [5, 5.41) is 1.14. The standard InChI is InChI=1S/C26H23N3O2/c30-26(21-8-6-11-23(19-21)31-22-9-2-1-3-10-22)29-17-15-28(16-18-29)25-14-13-20-7-4-5-12-24(20)27-25/h1-14,19H,15-18H2. The van der Waals surface area contributed by atoms with Crippen LogP contribution in [0.5, 0.6) is 11.5 Å². The zero-order valence-electron chi connectivity index (χ0n) is 17.1. The third kappa shape index (κ3) is 4.21. The maximum Gasteiger partial charge on any atom is 0.254 e. The summed E-state index contributed by atoms with van der Waals surface area (Å²) in [4.78, 5) is 22.0. The van der Waals surface area contributed by atoms with Gasteiger partial charge in [-0.3, -0.25) is 4.79 Å². The number of pyridine rings is 1. The summed E-state index contributed by atoms with van der Waals surface area (Å²) >= 11 is 0. The summed E-state index contributed by atoms with van der Waals surface area (Å²) in [6.07, 6.45) is 0. The third-order valence-electron chi connectivity index (χ3n) is 5.53. The molecule has 1 amide bonds. The van der Waals surface area contributed by atoms with Crippen molar-refractivity contribution in [1.29, 1.82) is 0 Å². The van der Waals surface area contributed by atoms with Crippen LogP contribution in [0.15, 0.2) is 91.0 Å². The van der Waals surface area contributed by atoms with Crippen molar-refractivity contribution in [2.45, 2.75) is 0 Å². The second-order valence-electron chi connectivity index (χ2n) is 7.58. The molecule has 5 rings (SSSR count). The minimum Gasteiger partial charge on any atom is -0.457 e. The van der Waals surface area contributed by atoms with E-state index in [1.54, 1.807) is 0 Å². The lowest BCUT2D eigenvalue weighted by Crippen LogP contribution is -2.49. The number of piperazine rings is 1. The topological polar surface area (TPSA) is 45.7 Å². The molecule has 0 aliphatic carbocycles. The molecule has 0 spiro atoms. The van der Waals surface area contributed by atoms with Crippen LogP contribution in [-0.2, 0) is 0 Å². The van der Waals surface area contributed by atoms with E-state index in [1.807, 2.05) is 77.7 Å². The van der Waals surface area contributed by atoms with Crippen LogP contribution >= 0.6 is 0 Å². The number of rotatable bonds is 4. The van der Waals surface area contributed by atoms with E-state index >= 15 is 0 Å². The van der Waals surface area contributed by atoms with Crippen molar-refractivity contribution in [3.8, 4) is 11.5 Å². The average molecular weight is 409 g/mol. The number of fused-ring (bicyclic) bond motifs is 1. The van der Waals surface area contributed by atoms with Gasteiger partial charge in [0.1, 0.15) is 17.3 Å². The van der Waals surface area contributed by atoms with E-state index in [0.717, 1.165) is 35.6 Å². The van der Waals surface area contributed by atoms with Gasteiger partial charge in [-0.15, -0.1) is 0 Å². The molecule has 154 valence electrons. The third-order valence-corrected chi connectivity index (χ3v) is 5.53. The van der Waals surface area contributed by atoms with E-state index in [4.69, 9.17) is 9.72 Å². The minimum absolute atomic E-state index is 0.0321. The number of hydrogen-bond donors (Lipinski definition) is 0. The molecule has 0 unspecified atom stereocenters. The Morgan fingerprint density at radius 3 is 2.32 bits per heavy atom. The highest BCUT2D eigenvalue weighted by molar-refractivity contribution is 5.94. The normalized spacial score (nSPS) is 13.9. The number of carbonyl (C=O) groups is 1. The summed E-state index contributed by atoms with van der Waals surface area (Å²) in [7, 11) is 0. The second kappa shape index (κ2) is 8.48. The second-order valence-corrected chi connectivity index (χ2v) is 7.58. The van der Waals surface area contributed by atoms with Gasteiger partial charge in [-0.25, -0.2) is 4.98 Å². The molecule has 1 aliphatic heterocycles. The van der Waals surface area contributed by atoms with Crippen LogP contribution in [0.3, 0.4) is 0 Å². The van der Waals surface area contributed by atoms with Gasteiger partial charge in [0.25, 0.3) is 5.91 Å². The Morgan fingerprint density at radius 2 is 1.48 bits per heavy atom. The summed E-state index contributed by atoms with van der Waals surface area (Å²) in [6, 6.07) is 29.3. The number of amides is 1. The van der Waals surface area contributed by atoms with E-state index in [9.17, 15) is 4.79 Å². The molecule has 0 N–H and O–H groups in total. The van der Waals surface area contributed by atoms with Crippen molar-refractivity contribution in [3.05, 3.63) is 96.6 Å². The highest BCUT2D eigenvalue weighted by Gasteiger charge is 2.23. The SMILES string of the molecule is O=C(c1cccc(Oc2ccccc2)c1)N1CCN(c2ccc3ccccc3n2)CC1. The van der Waals surface area contributed by atoms with E-state index < -0.39 is 0 Å². The Labute approximate surface area is 181 Å². The Bertz CT molecular complexity index is 1200. The molecule has 2 heterocycles. The van der Waals surface area contributed by atoms with Gasteiger partial charge in [0.05, 0.1) is 5.52 Å². The van der Waals surface area contributed by atoms with Crippen molar-refractivity contribution in [2.75, 3.05) is 31.1 Å². The minimum atomic E-state index is 0.0321. The number of carbonyl (C=O) groups excluding carboxylic acids is 1. The van der Waals surface area contributed by atoms with Gasteiger partial charge in [0, 0.05) is 37.1 Å². The Kier molecular flexibility index (Phi) is 5.23. The number of para-hydroxylation sites is 2. The molecule has 31 heavy (non-hydrogen) atoms. The van der Waals surface area contributed by atoms with E-state index in [-0.39, 0.29) is 5.91 Å². The fourth-order valence-electron chi connectivity index (χ4n) is 3.87. The van der Waals surface area contributed by atoms with Crippen LogP contribution in [0.4, 0.5) is 5.82 Å². The van der Waals surface area contributed by atoms with Crippen LogP contribution in [0.25, 0.3) is 10.9 Å². The van der Waals surface area contributed by atoms with Crippen molar-refractivity contribution < 1.29 is 9.53 Å². The van der Waals surface area contributed by atoms with Crippen molar-refractivity contribution >= 4 is 22.6 Å². The first-order valence-corrected chi connectivity index (χ1v) is 10.5. The van der Waals surface area contributed by atoms with Crippen molar-refractivity contribution in [2.24, 2.45) is 0 Å². The molecule has 1 aromatic heterocycles. The van der Waals surface area contributed by atoms with Gasteiger partial charge in [-0.1, -0.05) is 42.5 Å². The molecule has 1 aliphatic rings. The summed E-state index contributed by atoms with van der Waals surface area (Å²) < 4.78 is 5.88. The predicted molar refractivity (Wildman–Crippen MR) is 123 cm³/mol. The van der Waals surface area contributed by atoms with Gasteiger partial charge in [-0.2, -0.15) is 0 Å². The molecule has 0 bridgehead atoms. The van der Waals surface area contributed by atoms with Crippen molar-refractivity contribution in [1.82, 2.24) is 9.88 Å². The Morgan fingerprint density at radius 1 is 0.742 bits per heavy atom. The molecule has 0 saturated carbocycles. The first kappa shape index (κ1) is 19.1.